The number of ether oxygens (including phenoxy) is 1. The molecule has 0 radical (unpaired) electrons. The highest BCUT2D eigenvalue weighted by Crippen LogP contribution is 2.12. The highest BCUT2D eigenvalue weighted by molar-refractivity contribution is 5.73. The van der Waals surface area contributed by atoms with Gasteiger partial charge in [-0.25, -0.2) is 4.98 Å². The van der Waals surface area contributed by atoms with Crippen LogP contribution in [-0.2, 0) is 15.1 Å². The minimum atomic E-state index is -1.02. The molecule has 0 spiro atoms. The minimum absolute atomic E-state index is 0.127. The zero-order valence-electron chi connectivity index (χ0n) is 12.3. The lowest BCUT2D eigenvalue weighted by molar-refractivity contribution is -0.135. The van der Waals surface area contributed by atoms with Crippen molar-refractivity contribution >= 4 is 11.8 Å². The van der Waals surface area contributed by atoms with E-state index in [0.717, 1.165) is 0 Å². The van der Waals surface area contributed by atoms with Crippen molar-refractivity contribution in [2.24, 2.45) is 0 Å². The van der Waals surface area contributed by atoms with Crippen LogP contribution in [-0.4, -0.2) is 47.4 Å². The summed E-state index contributed by atoms with van der Waals surface area (Å²) < 4.78 is 6.48. The van der Waals surface area contributed by atoms with Gasteiger partial charge in [0.25, 0.3) is 5.56 Å². The molecule has 0 fully saturated rings. The average molecular weight is 283 g/mol. The average Bonchev–Trinajstić information content (AvgIpc) is 2.33. The third-order valence-electron chi connectivity index (χ3n) is 2.74. The molecule has 7 heteroatoms. The number of anilines is 1. The van der Waals surface area contributed by atoms with Crippen molar-refractivity contribution in [2.75, 3.05) is 31.7 Å². The van der Waals surface area contributed by atoms with Crippen LogP contribution in [0.4, 0.5) is 5.82 Å². The summed E-state index contributed by atoms with van der Waals surface area (Å²) >= 11 is 0. The maximum absolute atomic E-state index is 12.4. The lowest BCUT2D eigenvalue weighted by Crippen LogP contribution is -2.41. The summed E-state index contributed by atoms with van der Waals surface area (Å²) in [6, 6.07) is 0. The zero-order valence-corrected chi connectivity index (χ0v) is 12.3. The van der Waals surface area contributed by atoms with E-state index in [1.165, 1.54) is 22.8 Å². The topological polar surface area (TPSA) is 84.7 Å². The molecular formula is C13H21N3O4. The smallest absolute Gasteiger partial charge is 0.323 e. The molecule has 0 aliphatic carbocycles. The van der Waals surface area contributed by atoms with Gasteiger partial charge < -0.3 is 19.3 Å². The zero-order chi connectivity index (χ0) is 15.3. The molecule has 1 N–H and O–H groups in total. The van der Waals surface area contributed by atoms with Crippen molar-refractivity contribution in [3.05, 3.63) is 22.7 Å². The Morgan fingerprint density at radius 1 is 1.50 bits per heavy atom. The normalized spacial score (nSPS) is 11.4. The monoisotopic (exact) mass is 283 g/mol. The molecule has 1 heterocycles. The van der Waals surface area contributed by atoms with Crippen molar-refractivity contribution in [1.29, 1.82) is 0 Å². The highest BCUT2D eigenvalue weighted by atomic mass is 16.5. The summed E-state index contributed by atoms with van der Waals surface area (Å²) in [6.07, 6.45) is 3.10. The van der Waals surface area contributed by atoms with E-state index in [4.69, 9.17) is 9.84 Å². The molecule has 0 saturated carbocycles. The Morgan fingerprint density at radius 2 is 2.15 bits per heavy atom. The number of aromatic nitrogens is 2. The van der Waals surface area contributed by atoms with Gasteiger partial charge in [0.15, 0.2) is 5.82 Å². The van der Waals surface area contributed by atoms with E-state index in [1.54, 1.807) is 6.20 Å². The van der Waals surface area contributed by atoms with Gasteiger partial charge in [0.1, 0.15) is 6.54 Å². The number of aliphatic carboxylic acids is 1. The molecule has 112 valence electrons. The molecule has 0 bridgehead atoms. The van der Waals surface area contributed by atoms with E-state index in [-0.39, 0.29) is 17.9 Å². The van der Waals surface area contributed by atoms with E-state index in [2.05, 4.69) is 4.98 Å². The number of carbonyl (C=O) groups is 1. The summed E-state index contributed by atoms with van der Waals surface area (Å²) in [7, 11) is 1.52. The molecule has 1 aromatic rings. The van der Waals surface area contributed by atoms with Crippen LogP contribution in [0.25, 0.3) is 0 Å². The Labute approximate surface area is 117 Å². The largest absolute Gasteiger partial charge is 0.480 e. The summed E-state index contributed by atoms with van der Waals surface area (Å²) in [5, 5.41) is 8.95. The number of rotatable bonds is 6. The molecule has 1 rings (SSSR count). The van der Waals surface area contributed by atoms with Crippen LogP contribution in [0.1, 0.15) is 20.8 Å². The van der Waals surface area contributed by atoms with Gasteiger partial charge in [0.05, 0.1) is 6.61 Å². The van der Waals surface area contributed by atoms with Crippen LogP contribution in [0.15, 0.2) is 17.2 Å². The molecule has 0 unspecified atom stereocenters. The van der Waals surface area contributed by atoms with Crippen LogP contribution in [0.2, 0.25) is 0 Å². The molecule has 20 heavy (non-hydrogen) atoms. The number of hydrogen-bond donors (Lipinski definition) is 1. The molecule has 0 aliphatic heterocycles. The molecule has 0 aliphatic rings. The van der Waals surface area contributed by atoms with Gasteiger partial charge >= 0.3 is 5.97 Å². The first kappa shape index (κ1) is 16.2. The Bertz CT molecular complexity index is 519. The fraction of sp³-hybridized carbons (Fsp3) is 0.615. The van der Waals surface area contributed by atoms with Crippen molar-refractivity contribution in [3.8, 4) is 0 Å². The quantitative estimate of drug-likeness (QED) is 0.820. The second kappa shape index (κ2) is 6.51. The minimum Gasteiger partial charge on any atom is -0.480 e. The maximum atomic E-state index is 12.4. The van der Waals surface area contributed by atoms with Gasteiger partial charge in [-0.15, -0.1) is 0 Å². The van der Waals surface area contributed by atoms with Crippen LogP contribution in [0.5, 0.6) is 0 Å². The van der Waals surface area contributed by atoms with E-state index in [9.17, 15) is 9.59 Å². The third-order valence-corrected chi connectivity index (χ3v) is 2.74. The predicted molar refractivity (Wildman–Crippen MR) is 75.2 cm³/mol. The summed E-state index contributed by atoms with van der Waals surface area (Å²) in [5.74, 6) is -0.893. The third kappa shape index (κ3) is 4.06. The van der Waals surface area contributed by atoms with Gasteiger partial charge in [0.2, 0.25) is 0 Å². The van der Waals surface area contributed by atoms with Crippen LogP contribution < -0.4 is 10.5 Å². The Morgan fingerprint density at radius 3 is 2.65 bits per heavy atom. The standard InChI is InChI=1S/C13H21N3O4/c1-13(2,3)16-6-5-14-11(12(16)19)15(7-8-20-4)9-10(17)18/h5-6H,7-9H2,1-4H3,(H,17,18). The highest BCUT2D eigenvalue weighted by Gasteiger charge is 2.21. The number of carboxylic acids is 1. The van der Waals surface area contributed by atoms with Crippen LogP contribution in [0, 0.1) is 0 Å². The van der Waals surface area contributed by atoms with Gasteiger partial charge in [-0.2, -0.15) is 0 Å². The van der Waals surface area contributed by atoms with Crippen molar-refractivity contribution in [1.82, 2.24) is 9.55 Å². The SMILES string of the molecule is COCCN(CC(=O)O)c1nccn(C(C)(C)C)c1=O. The number of nitrogens with zero attached hydrogens (tertiary/aromatic N) is 3. The Hall–Kier alpha value is -1.89. The lowest BCUT2D eigenvalue weighted by atomic mass is 10.1. The first-order valence-corrected chi connectivity index (χ1v) is 6.31. The fourth-order valence-electron chi connectivity index (χ4n) is 1.77. The van der Waals surface area contributed by atoms with Crippen molar-refractivity contribution < 1.29 is 14.6 Å². The van der Waals surface area contributed by atoms with E-state index < -0.39 is 11.5 Å². The number of methoxy groups -OCH3 is 1. The van der Waals surface area contributed by atoms with Crippen LogP contribution in [0.3, 0.4) is 0 Å². The van der Waals surface area contributed by atoms with Crippen LogP contribution >= 0.6 is 0 Å². The first-order chi connectivity index (χ1) is 9.27. The lowest BCUT2D eigenvalue weighted by Gasteiger charge is -2.26. The Kier molecular flexibility index (Phi) is 5.26. The predicted octanol–water partition coefficient (Wildman–Crippen LogP) is 0.536. The summed E-state index contributed by atoms with van der Waals surface area (Å²) in [4.78, 5) is 28.8. The fourth-order valence-corrected chi connectivity index (χ4v) is 1.77. The Balaban J connectivity index is 3.20. The number of hydrogen-bond acceptors (Lipinski definition) is 5. The van der Waals surface area contributed by atoms with Crippen molar-refractivity contribution in [2.45, 2.75) is 26.3 Å². The molecule has 0 atom stereocenters. The molecular weight excluding hydrogens is 262 g/mol. The first-order valence-electron chi connectivity index (χ1n) is 6.31. The molecule has 0 amide bonds. The second-order valence-corrected chi connectivity index (χ2v) is 5.40. The van der Waals surface area contributed by atoms with Gasteiger partial charge in [-0.3, -0.25) is 9.59 Å². The second-order valence-electron chi connectivity index (χ2n) is 5.40. The number of carboxylic acid groups (broad SMARTS) is 1. The maximum Gasteiger partial charge on any atom is 0.323 e. The molecule has 0 aromatic carbocycles. The molecule has 7 nitrogen and oxygen atoms in total. The molecule has 0 saturated heterocycles. The summed E-state index contributed by atoms with van der Waals surface area (Å²) in [5.41, 5.74) is -0.706. The van der Waals surface area contributed by atoms with Gasteiger partial charge in [-0.05, 0) is 20.8 Å². The molecule has 1 aromatic heterocycles. The van der Waals surface area contributed by atoms with Gasteiger partial charge in [-0.1, -0.05) is 0 Å². The summed E-state index contributed by atoms with van der Waals surface area (Å²) in [6.45, 7) is 6.01. The van der Waals surface area contributed by atoms with Gasteiger partial charge in [0, 0.05) is 31.6 Å². The van der Waals surface area contributed by atoms with Crippen molar-refractivity contribution in [3.63, 3.8) is 0 Å². The van der Waals surface area contributed by atoms with E-state index in [0.29, 0.717) is 13.2 Å². The van der Waals surface area contributed by atoms with E-state index >= 15 is 0 Å². The van der Waals surface area contributed by atoms with E-state index in [1.807, 2.05) is 20.8 Å².